The molecule has 216 valence electrons. The zero-order valence-electron chi connectivity index (χ0n) is 23.2. The van der Waals surface area contributed by atoms with Crippen LogP contribution >= 0.6 is 0 Å². The lowest BCUT2D eigenvalue weighted by Crippen LogP contribution is -2.58. The summed E-state index contributed by atoms with van der Waals surface area (Å²) in [6, 6.07) is 26.9. The quantitative estimate of drug-likeness (QED) is 0.211. The number of allylic oxidation sites excluding steroid dienone is 1. The van der Waals surface area contributed by atoms with E-state index in [1.165, 1.54) is 0 Å². The molecule has 0 saturated heterocycles. The lowest BCUT2D eigenvalue weighted by molar-refractivity contribution is -0.185. The summed E-state index contributed by atoms with van der Waals surface area (Å²) < 4.78 is 5.98. The van der Waals surface area contributed by atoms with Crippen molar-refractivity contribution in [2.24, 2.45) is 5.92 Å². The van der Waals surface area contributed by atoms with E-state index in [9.17, 15) is 34.8 Å². The van der Waals surface area contributed by atoms with Gasteiger partial charge in [-0.1, -0.05) is 79.7 Å². The minimum Gasteiger partial charge on any atom is -0.488 e. The van der Waals surface area contributed by atoms with Gasteiger partial charge in [0.15, 0.2) is 5.60 Å². The Bertz CT molecular complexity index is 1370. The Hall–Kier alpha value is -4.47. The van der Waals surface area contributed by atoms with Crippen molar-refractivity contribution in [2.75, 3.05) is 20.6 Å². The van der Waals surface area contributed by atoms with Crippen LogP contribution in [-0.4, -0.2) is 75.6 Å². The summed E-state index contributed by atoms with van der Waals surface area (Å²) in [4.78, 5) is 37.2. The monoisotopic (exact) mass is 561 g/mol. The number of nitrogens with zero attached hydrogens (tertiary/aromatic N) is 1. The molecule has 3 rings (SSSR count). The van der Waals surface area contributed by atoms with Gasteiger partial charge in [0.25, 0.3) is 0 Å². The molecule has 3 atom stereocenters. The Balaban J connectivity index is 2.07. The van der Waals surface area contributed by atoms with Gasteiger partial charge in [0.1, 0.15) is 17.8 Å². The maximum Gasteiger partial charge on any atom is 0.337 e. The molecule has 3 aromatic carbocycles. The summed E-state index contributed by atoms with van der Waals surface area (Å²) in [5, 5.41) is 39.7. The third-order valence-corrected chi connectivity index (χ3v) is 6.76. The second kappa shape index (κ2) is 13.7. The number of rotatable bonds is 14. The van der Waals surface area contributed by atoms with Crippen molar-refractivity contribution < 1.29 is 39.5 Å². The van der Waals surface area contributed by atoms with Crippen LogP contribution in [0.2, 0.25) is 0 Å². The number of benzene rings is 3. The Labute approximate surface area is 239 Å². The number of carboxylic acid groups (broad SMARTS) is 3. The van der Waals surface area contributed by atoms with Gasteiger partial charge >= 0.3 is 17.9 Å². The molecule has 0 aliphatic rings. The van der Waals surface area contributed by atoms with E-state index in [1.807, 2.05) is 60.7 Å². The topological polar surface area (TPSA) is 145 Å². The number of aliphatic hydroxyl groups is 1. The molecule has 0 aromatic heterocycles. The third kappa shape index (κ3) is 7.59. The molecule has 3 aromatic rings. The molecule has 0 bridgehead atoms. The van der Waals surface area contributed by atoms with Crippen LogP contribution in [0.4, 0.5) is 0 Å². The summed E-state index contributed by atoms with van der Waals surface area (Å²) in [7, 11) is 3.25. The van der Waals surface area contributed by atoms with E-state index >= 15 is 0 Å². The molecule has 9 heteroatoms. The maximum absolute atomic E-state index is 12.3. The van der Waals surface area contributed by atoms with E-state index in [-0.39, 0.29) is 12.3 Å². The number of aliphatic carboxylic acids is 3. The number of likely N-dealkylation sites (N-methyl/N-ethyl adjacent to an activating group) is 1. The van der Waals surface area contributed by atoms with Crippen LogP contribution in [0.25, 0.3) is 11.1 Å². The average molecular weight is 562 g/mol. The summed E-state index contributed by atoms with van der Waals surface area (Å²) in [5.74, 6) is -7.15. The maximum atomic E-state index is 12.3. The highest BCUT2D eigenvalue weighted by Crippen LogP contribution is 2.36. The Morgan fingerprint density at radius 2 is 1.32 bits per heavy atom. The van der Waals surface area contributed by atoms with E-state index < -0.39 is 42.0 Å². The fourth-order valence-corrected chi connectivity index (χ4v) is 4.95. The molecular formula is C32H35NO8. The zero-order chi connectivity index (χ0) is 30.2. The van der Waals surface area contributed by atoms with Crippen molar-refractivity contribution in [3.63, 3.8) is 0 Å². The Morgan fingerprint density at radius 1 is 0.805 bits per heavy atom. The van der Waals surface area contributed by atoms with Crippen LogP contribution in [0.1, 0.15) is 36.5 Å². The summed E-state index contributed by atoms with van der Waals surface area (Å²) in [6.45, 7) is 1.98. The van der Waals surface area contributed by atoms with E-state index in [4.69, 9.17) is 4.74 Å². The molecule has 9 nitrogen and oxygen atoms in total. The van der Waals surface area contributed by atoms with Gasteiger partial charge in [-0.25, -0.2) is 4.79 Å². The molecular weight excluding hydrogens is 526 g/mol. The highest BCUT2D eigenvalue weighted by atomic mass is 16.5. The molecule has 0 aliphatic heterocycles. The fraction of sp³-hybridized carbons (Fsp3) is 0.281. The average Bonchev–Trinajstić information content (AvgIpc) is 2.92. The molecule has 0 spiro atoms. The molecule has 0 aliphatic carbocycles. The first kappa shape index (κ1) is 31.1. The number of carbonyl (C=O) groups is 3. The lowest BCUT2D eigenvalue weighted by Gasteiger charge is -2.35. The van der Waals surface area contributed by atoms with Crippen molar-refractivity contribution in [3.8, 4) is 5.75 Å². The van der Waals surface area contributed by atoms with Crippen LogP contribution in [0, 0.1) is 5.92 Å². The van der Waals surface area contributed by atoms with Crippen LogP contribution in [0.3, 0.4) is 0 Å². The van der Waals surface area contributed by atoms with Crippen LogP contribution in [-0.2, 0) is 14.4 Å². The smallest absolute Gasteiger partial charge is 0.337 e. The van der Waals surface area contributed by atoms with Gasteiger partial charge in [-0.05, 0) is 60.5 Å². The van der Waals surface area contributed by atoms with Gasteiger partial charge in [0.05, 0.1) is 6.42 Å². The fourth-order valence-electron chi connectivity index (χ4n) is 4.95. The van der Waals surface area contributed by atoms with E-state index in [1.54, 1.807) is 31.1 Å². The van der Waals surface area contributed by atoms with Gasteiger partial charge in [-0.2, -0.15) is 0 Å². The van der Waals surface area contributed by atoms with E-state index in [0.717, 1.165) is 34.3 Å². The number of hydrogen-bond acceptors (Lipinski definition) is 6. The molecule has 3 unspecified atom stereocenters. The number of carboxylic acids is 3. The van der Waals surface area contributed by atoms with Crippen molar-refractivity contribution in [1.82, 2.24) is 4.90 Å². The second-order valence-corrected chi connectivity index (χ2v) is 10.00. The van der Waals surface area contributed by atoms with Gasteiger partial charge in [-0.15, -0.1) is 0 Å². The largest absolute Gasteiger partial charge is 0.488 e. The predicted octanol–water partition coefficient (Wildman–Crippen LogP) is 4.36. The lowest BCUT2D eigenvalue weighted by atomic mass is 9.80. The first-order chi connectivity index (χ1) is 19.5. The summed E-state index contributed by atoms with van der Waals surface area (Å²) >= 11 is 0. The summed E-state index contributed by atoms with van der Waals surface area (Å²) in [6.07, 6.45) is -1.95. The van der Waals surface area contributed by atoms with E-state index in [2.05, 4.69) is 19.1 Å². The molecule has 0 radical (unpaired) electrons. The highest BCUT2D eigenvalue weighted by Gasteiger charge is 2.54. The molecule has 41 heavy (non-hydrogen) atoms. The first-order valence-corrected chi connectivity index (χ1v) is 13.1. The second-order valence-electron chi connectivity index (χ2n) is 10.00. The predicted molar refractivity (Wildman–Crippen MR) is 154 cm³/mol. The van der Waals surface area contributed by atoms with Gasteiger partial charge in [0.2, 0.25) is 0 Å². The Morgan fingerprint density at radius 3 is 1.76 bits per heavy atom. The molecule has 0 heterocycles. The number of hydrogen-bond donors (Lipinski definition) is 4. The van der Waals surface area contributed by atoms with Gasteiger partial charge in [0, 0.05) is 6.54 Å². The summed E-state index contributed by atoms with van der Waals surface area (Å²) in [5.41, 5.74) is 2.01. The molecule has 0 amide bonds. The normalized spacial score (nSPS) is 14.9. The third-order valence-electron chi connectivity index (χ3n) is 6.76. The van der Waals surface area contributed by atoms with Crippen molar-refractivity contribution in [3.05, 3.63) is 102 Å². The minimum atomic E-state index is -3.10. The van der Waals surface area contributed by atoms with Gasteiger partial charge in [-0.3, -0.25) is 9.59 Å². The first-order valence-electron chi connectivity index (χ1n) is 13.1. The van der Waals surface area contributed by atoms with Crippen LogP contribution < -0.4 is 4.74 Å². The van der Waals surface area contributed by atoms with Crippen molar-refractivity contribution >= 4 is 29.1 Å². The highest BCUT2D eigenvalue weighted by molar-refractivity contribution is 5.98. The number of ether oxygens (including phenoxy) is 1. The SMILES string of the molecule is CCC(=C(c1ccccc1)c1ccc(OC(CN(C)C)C(C(=O)O)C(O)(CC(=O)O)C(=O)O)cc1)c1ccccc1. The molecule has 4 N–H and O–H groups in total. The minimum absolute atomic E-state index is 0.100. The Kier molecular flexibility index (Phi) is 10.4. The van der Waals surface area contributed by atoms with Crippen LogP contribution in [0.5, 0.6) is 5.75 Å². The van der Waals surface area contributed by atoms with Crippen molar-refractivity contribution in [2.45, 2.75) is 31.5 Å². The zero-order valence-corrected chi connectivity index (χ0v) is 23.2. The molecule has 0 fully saturated rings. The van der Waals surface area contributed by atoms with Crippen LogP contribution in [0.15, 0.2) is 84.9 Å². The van der Waals surface area contributed by atoms with Gasteiger partial charge < -0.3 is 30.1 Å². The standard InChI is InChI=1S/C32H35NO8/c1-4-25(21-11-7-5-8-12-21)28(22-13-9-6-10-14-22)23-15-17-24(18-16-23)41-26(20-33(2)3)29(30(36)37)32(40,31(38)39)19-27(34)35/h5-18,26,29,40H,4,19-20H2,1-3H3,(H,34,35)(H,36,37)(H,38,39). The molecule has 0 saturated carbocycles. The van der Waals surface area contributed by atoms with Crippen molar-refractivity contribution in [1.29, 1.82) is 0 Å². The van der Waals surface area contributed by atoms with E-state index in [0.29, 0.717) is 0 Å².